The zero-order valence-electron chi connectivity index (χ0n) is 8.20. The van der Waals surface area contributed by atoms with E-state index in [1.165, 1.54) is 17.5 Å². The third-order valence-electron chi connectivity index (χ3n) is 3.37. The highest BCUT2D eigenvalue weighted by atomic mass is 16.5. The van der Waals surface area contributed by atoms with E-state index in [2.05, 4.69) is 18.2 Å². The predicted octanol–water partition coefficient (Wildman–Crippen LogP) is 1.68. The van der Waals surface area contributed by atoms with Gasteiger partial charge in [0, 0.05) is 6.42 Å². The van der Waals surface area contributed by atoms with Crippen LogP contribution in [0.1, 0.15) is 23.5 Å². The second kappa shape index (κ2) is 2.99. The van der Waals surface area contributed by atoms with Crippen molar-refractivity contribution in [3.8, 4) is 5.75 Å². The fraction of sp³-hybridized carbons (Fsp3) is 0.500. The maximum atomic E-state index is 5.65. The molecule has 1 saturated carbocycles. The van der Waals surface area contributed by atoms with Crippen LogP contribution in [-0.2, 0) is 6.42 Å². The average Bonchev–Trinajstić information content (AvgIpc) is 2.87. The first-order valence-electron chi connectivity index (χ1n) is 5.34. The standard InChI is InChI=1S/C12H15NO/c13-7-10-6-11(10)8-1-2-12-9(5-8)3-4-14-12/h1-2,5,10-11H,3-4,6-7,13H2/t10-,11+/m0/s1. The molecular weight excluding hydrogens is 174 g/mol. The van der Waals surface area contributed by atoms with Gasteiger partial charge in [-0.15, -0.1) is 0 Å². The highest BCUT2D eigenvalue weighted by Crippen LogP contribution is 2.47. The quantitative estimate of drug-likeness (QED) is 0.768. The number of fused-ring (bicyclic) bond motifs is 1. The lowest BCUT2D eigenvalue weighted by Gasteiger charge is -2.02. The van der Waals surface area contributed by atoms with Crippen LogP contribution in [0.25, 0.3) is 0 Å². The van der Waals surface area contributed by atoms with Gasteiger partial charge in [-0.2, -0.15) is 0 Å². The van der Waals surface area contributed by atoms with Crippen LogP contribution in [0.4, 0.5) is 0 Å². The Labute approximate surface area is 84.1 Å². The number of ether oxygens (including phenoxy) is 1. The maximum absolute atomic E-state index is 5.65. The number of hydrogen-bond acceptors (Lipinski definition) is 2. The van der Waals surface area contributed by atoms with E-state index in [1.807, 2.05) is 0 Å². The first kappa shape index (κ1) is 8.30. The second-order valence-corrected chi connectivity index (χ2v) is 4.30. The van der Waals surface area contributed by atoms with E-state index in [0.29, 0.717) is 0 Å². The van der Waals surface area contributed by atoms with Crippen LogP contribution in [0.15, 0.2) is 18.2 Å². The lowest BCUT2D eigenvalue weighted by atomic mass is 10.0. The summed E-state index contributed by atoms with van der Waals surface area (Å²) in [5, 5.41) is 0. The molecular formula is C12H15NO. The zero-order valence-corrected chi connectivity index (χ0v) is 8.20. The van der Waals surface area contributed by atoms with Gasteiger partial charge in [-0.25, -0.2) is 0 Å². The molecule has 2 heteroatoms. The summed E-state index contributed by atoms with van der Waals surface area (Å²) in [6.07, 6.45) is 2.35. The molecule has 1 aliphatic carbocycles. The third kappa shape index (κ3) is 1.22. The Bertz CT molecular complexity index is 361. The van der Waals surface area contributed by atoms with Gasteiger partial charge < -0.3 is 10.5 Å². The molecule has 0 amide bonds. The highest BCUT2D eigenvalue weighted by molar-refractivity contribution is 5.42. The fourth-order valence-corrected chi connectivity index (χ4v) is 2.35. The van der Waals surface area contributed by atoms with Crippen molar-refractivity contribution in [3.63, 3.8) is 0 Å². The largest absolute Gasteiger partial charge is 0.493 e. The lowest BCUT2D eigenvalue weighted by Crippen LogP contribution is -2.01. The Hall–Kier alpha value is -1.02. The molecule has 2 atom stereocenters. The van der Waals surface area contributed by atoms with Crippen molar-refractivity contribution < 1.29 is 4.74 Å². The minimum Gasteiger partial charge on any atom is -0.493 e. The molecule has 0 bridgehead atoms. The Morgan fingerprint density at radius 1 is 1.43 bits per heavy atom. The molecule has 0 aromatic heterocycles. The summed E-state index contributed by atoms with van der Waals surface area (Å²) < 4.78 is 5.48. The van der Waals surface area contributed by atoms with Gasteiger partial charge in [-0.1, -0.05) is 12.1 Å². The van der Waals surface area contributed by atoms with Crippen LogP contribution in [0.3, 0.4) is 0 Å². The van der Waals surface area contributed by atoms with E-state index in [-0.39, 0.29) is 0 Å². The molecule has 2 aliphatic rings. The maximum Gasteiger partial charge on any atom is 0.122 e. The summed E-state index contributed by atoms with van der Waals surface area (Å²) in [6.45, 7) is 1.68. The molecule has 74 valence electrons. The zero-order chi connectivity index (χ0) is 9.54. The molecule has 3 rings (SSSR count). The minimum atomic E-state index is 0.728. The van der Waals surface area contributed by atoms with Crippen molar-refractivity contribution in [2.24, 2.45) is 11.7 Å². The van der Waals surface area contributed by atoms with Crippen LogP contribution in [0.5, 0.6) is 5.75 Å². The second-order valence-electron chi connectivity index (χ2n) is 4.30. The van der Waals surface area contributed by atoms with Crippen molar-refractivity contribution in [1.29, 1.82) is 0 Å². The molecule has 0 unspecified atom stereocenters. The van der Waals surface area contributed by atoms with Crippen molar-refractivity contribution in [1.82, 2.24) is 0 Å². The fourth-order valence-electron chi connectivity index (χ4n) is 2.35. The first-order chi connectivity index (χ1) is 6.88. The van der Waals surface area contributed by atoms with Gasteiger partial charge in [-0.05, 0) is 42.0 Å². The summed E-state index contributed by atoms with van der Waals surface area (Å²) in [4.78, 5) is 0. The van der Waals surface area contributed by atoms with Gasteiger partial charge in [0.15, 0.2) is 0 Å². The van der Waals surface area contributed by atoms with E-state index < -0.39 is 0 Å². The van der Waals surface area contributed by atoms with Gasteiger partial charge in [-0.3, -0.25) is 0 Å². The van der Waals surface area contributed by atoms with Crippen molar-refractivity contribution >= 4 is 0 Å². The average molecular weight is 189 g/mol. The molecule has 2 nitrogen and oxygen atoms in total. The van der Waals surface area contributed by atoms with Crippen molar-refractivity contribution in [2.45, 2.75) is 18.8 Å². The summed E-state index contributed by atoms with van der Waals surface area (Å²) >= 11 is 0. The topological polar surface area (TPSA) is 35.2 Å². The van der Waals surface area contributed by atoms with E-state index in [0.717, 1.165) is 37.2 Å². The number of benzene rings is 1. The summed E-state index contributed by atoms with van der Waals surface area (Å²) in [7, 11) is 0. The van der Waals surface area contributed by atoms with Crippen LogP contribution in [0.2, 0.25) is 0 Å². The van der Waals surface area contributed by atoms with Crippen LogP contribution in [-0.4, -0.2) is 13.2 Å². The van der Waals surface area contributed by atoms with Gasteiger partial charge >= 0.3 is 0 Å². The van der Waals surface area contributed by atoms with E-state index in [9.17, 15) is 0 Å². The first-order valence-corrected chi connectivity index (χ1v) is 5.34. The number of hydrogen-bond donors (Lipinski definition) is 1. The number of rotatable bonds is 2. The van der Waals surface area contributed by atoms with Crippen LogP contribution < -0.4 is 10.5 Å². The molecule has 2 N–H and O–H groups in total. The molecule has 1 heterocycles. The molecule has 1 aromatic rings. The summed E-state index contributed by atoms with van der Waals surface area (Å²) in [5.41, 5.74) is 8.49. The van der Waals surface area contributed by atoms with Crippen molar-refractivity contribution in [3.05, 3.63) is 29.3 Å². The molecule has 0 spiro atoms. The van der Waals surface area contributed by atoms with Crippen molar-refractivity contribution in [2.75, 3.05) is 13.2 Å². The highest BCUT2D eigenvalue weighted by Gasteiger charge is 2.37. The SMILES string of the molecule is NC[C@@H]1C[C@@H]1c1ccc2c(c1)CCO2. The van der Waals surface area contributed by atoms with Crippen LogP contribution >= 0.6 is 0 Å². The van der Waals surface area contributed by atoms with E-state index in [4.69, 9.17) is 10.5 Å². The Morgan fingerprint density at radius 3 is 3.14 bits per heavy atom. The molecule has 1 aromatic carbocycles. The monoisotopic (exact) mass is 189 g/mol. The van der Waals surface area contributed by atoms with E-state index in [1.54, 1.807) is 0 Å². The van der Waals surface area contributed by atoms with Gasteiger partial charge in [0.25, 0.3) is 0 Å². The lowest BCUT2D eigenvalue weighted by molar-refractivity contribution is 0.357. The molecule has 0 radical (unpaired) electrons. The molecule has 1 fully saturated rings. The summed E-state index contributed by atoms with van der Waals surface area (Å²) in [5.74, 6) is 2.54. The minimum absolute atomic E-state index is 0.728. The normalized spacial score (nSPS) is 28.4. The van der Waals surface area contributed by atoms with Gasteiger partial charge in [0.2, 0.25) is 0 Å². The van der Waals surface area contributed by atoms with E-state index >= 15 is 0 Å². The smallest absolute Gasteiger partial charge is 0.122 e. The Balaban J connectivity index is 1.87. The van der Waals surface area contributed by atoms with Gasteiger partial charge in [0.05, 0.1) is 6.61 Å². The predicted molar refractivity (Wildman–Crippen MR) is 55.5 cm³/mol. The summed E-state index contributed by atoms with van der Waals surface area (Å²) in [6, 6.07) is 6.62. The molecule has 0 saturated heterocycles. The Kier molecular flexibility index (Phi) is 1.77. The molecule has 14 heavy (non-hydrogen) atoms. The molecule has 1 aliphatic heterocycles. The van der Waals surface area contributed by atoms with Crippen LogP contribution in [0, 0.1) is 5.92 Å². The third-order valence-corrected chi connectivity index (χ3v) is 3.37. The van der Waals surface area contributed by atoms with Gasteiger partial charge in [0.1, 0.15) is 5.75 Å². The Morgan fingerprint density at radius 2 is 2.36 bits per heavy atom. The number of nitrogens with two attached hydrogens (primary N) is 1.